The van der Waals surface area contributed by atoms with Gasteiger partial charge in [-0.3, -0.25) is 0 Å². The molecule has 0 aliphatic heterocycles. The summed E-state index contributed by atoms with van der Waals surface area (Å²) in [4.78, 5) is 2.34. The minimum Gasteiger partial charge on any atom is -0.375 e. The molecule has 1 unspecified atom stereocenters. The van der Waals surface area contributed by atoms with Gasteiger partial charge in [0.2, 0.25) is 0 Å². The van der Waals surface area contributed by atoms with Gasteiger partial charge in [0, 0.05) is 25.2 Å². The van der Waals surface area contributed by atoms with Gasteiger partial charge in [0.15, 0.2) is 0 Å². The Hall–Kier alpha value is -0.690. The summed E-state index contributed by atoms with van der Waals surface area (Å²) in [6.45, 7) is 7.68. The highest BCUT2D eigenvalue weighted by Crippen LogP contribution is 2.19. The van der Waals surface area contributed by atoms with Gasteiger partial charge in [-0.15, -0.1) is 11.6 Å². The van der Waals surface area contributed by atoms with E-state index in [4.69, 9.17) is 11.6 Å². The zero-order valence-corrected chi connectivity index (χ0v) is 12.2. The molecule has 1 nitrogen and oxygen atoms in total. The Morgan fingerprint density at radius 3 is 2.24 bits per heavy atom. The number of anilines is 1. The Labute approximate surface area is 111 Å². The highest BCUT2D eigenvalue weighted by atomic mass is 35.5. The van der Waals surface area contributed by atoms with Crippen molar-refractivity contribution in [3.8, 4) is 0 Å². The summed E-state index contributed by atoms with van der Waals surface area (Å²) in [6, 6.07) is 6.71. The first-order valence-corrected chi connectivity index (χ1v) is 6.91. The van der Waals surface area contributed by atoms with E-state index in [2.05, 4.69) is 50.9 Å². The van der Waals surface area contributed by atoms with Crippen molar-refractivity contribution < 1.29 is 0 Å². The van der Waals surface area contributed by atoms with Crippen molar-refractivity contribution in [3.05, 3.63) is 29.3 Å². The Kier molecular flexibility index (Phi) is 5.84. The van der Waals surface area contributed by atoms with Crippen LogP contribution in [0.25, 0.3) is 0 Å². The van der Waals surface area contributed by atoms with Crippen LogP contribution in [0.3, 0.4) is 0 Å². The molecule has 0 saturated heterocycles. The lowest BCUT2D eigenvalue weighted by molar-refractivity contribution is 0.520. The molecular formula is C15H24ClN. The molecule has 0 spiro atoms. The van der Waals surface area contributed by atoms with E-state index in [0.717, 1.165) is 18.8 Å². The van der Waals surface area contributed by atoms with Gasteiger partial charge < -0.3 is 4.90 Å². The van der Waals surface area contributed by atoms with Gasteiger partial charge in [-0.25, -0.2) is 0 Å². The third-order valence-electron chi connectivity index (χ3n) is 3.21. The van der Waals surface area contributed by atoms with E-state index in [9.17, 15) is 0 Å². The number of aryl methyl sites for hydroxylation is 2. The quantitative estimate of drug-likeness (QED) is 0.680. The van der Waals surface area contributed by atoms with E-state index in [0.29, 0.717) is 5.92 Å². The Morgan fingerprint density at radius 2 is 1.71 bits per heavy atom. The van der Waals surface area contributed by atoms with Crippen molar-refractivity contribution in [2.75, 3.05) is 24.4 Å². The Bertz CT molecular complexity index is 329. The maximum absolute atomic E-state index is 5.76. The van der Waals surface area contributed by atoms with Gasteiger partial charge in [-0.2, -0.15) is 0 Å². The second kappa shape index (κ2) is 6.90. The lowest BCUT2D eigenvalue weighted by Crippen LogP contribution is -2.20. The van der Waals surface area contributed by atoms with Crippen LogP contribution in [-0.2, 0) is 0 Å². The molecule has 2 heteroatoms. The summed E-state index contributed by atoms with van der Waals surface area (Å²) in [7, 11) is 2.17. The van der Waals surface area contributed by atoms with Gasteiger partial charge in [0.25, 0.3) is 0 Å². The largest absolute Gasteiger partial charge is 0.375 e. The molecule has 0 amide bonds. The Balaban J connectivity index is 2.54. The van der Waals surface area contributed by atoms with Gasteiger partial charge >= 0.3 is 0 Å². The second-order valence-electron chi connectivity index (χ2n) is 5.14. The normalized spacial score (nSPS) is 12.5. The van der Waals surface area contributed by atoms with Crippen LogP contribution < -0.4 is 4.90 Å². The van der Waals surface area contributed by atoms with Gasteiger partial charge in [0.05, 0.1) is 0 Å². The number of alkyl halides is 1. The minimum atomic E-state index is 0.709. The predicted octanol–water partition coefficient (Wildman–Crippen LogP) is 4.39. The SMILES string of the molecule is Cc1cc(C)cc(N(C)CCC(C)CCCl)c1. The summed E-state index contributed by atoms with van der Waals surface area (Å²) in [5.74, 6) is 1.48. The molecule has 1 aromatic rings. The summed E-state index contributed by atoms with van der Waals surface area (Å²) in [6.07, 6.45) is 2.32. The number of nitrogens with zero attached hydrogens (tertiary/aromatic N) is 1. The molecule has 1 rings (SSSR count). The molecule has 17 heavy (non-hydrogen) atoms. The van der Waals surface area contributed by atoms with Crippen LogP contribution in [-0.4, -0.2) is 19.5 Å². The van der Waals surface area contributed by atoms with Crippen LogP contribution in [0.5, 0.6) is 0 Å². The molecular weight excluding hydrogens is 230 g/mol. The molecule has 0 aliphatic carbocycles. The van der Waals surface area contributed by atoms with Crippen molar-refractivity contribution in [2.24, 2.45) is 5.92 Å². The van der Waals surface area contributed by atoms with E-state index < -0.39 is 0 Å². The van der Waals surface area contributed by atoms with E-state index in [1.54, 1.807) is 0 Å². The van der Waals surface area contributed by atoms with Gasteiger partial charge in [-0.05, 0) is 55.9 Å². The highest BCUT2D eigenvalue weighted by Gasteiger charge is 2.06. The topological polar surface area (TPSA) is 3.24 Å². The van der Waals surface area contributed by atoms with Crippen molar-refractivity contribution in [3.63, 3.8) is 0 Å². The molecule has 0 aromatic heterocycles. The fraction of sp³-hybridized carbons (Fsp3) is 0.600. The molecule has 0 bridgehead atoms. The molecule has 1 aromatic carbocycles. The second-order valence-corrected chi connectivity index (χ2v) is 5.52. The fourth-order valence-corrected chi connectivity index (χ4v) is 2.42. The number of hydrogen-bond donors (Lipinski definition) is 0. The maximum atomic E-state index is 5.76. The van der Waals surface area contributed by atoms with Crippen LogP contribution in [0, 0.1) is 19.8 Å². The lowest BCUT2D eigenvalue weighted by atomic mass is 10.0. The van der Waals surface area contributed by atoms with E-state index >= 15 is 0 Å². The third-order valence-corrected chi connectivity index (χ3v) is 3.42. The lowest BCUT2D eigenvalue weighted by Gasteiger charge is -2.22. The molecule has 96 valence electrons. The number of halogens is 1. The molecule has 0 aliphatic rings. The number of hydrogen-bond acceptors (Lipinski definition) is 1. The zero-order chi connectivity index (χ0) is 12.8. The zero-order valence-electron chi connectivity index (χ0n) is 11.5. The first kappa shape index (κ1) is 14.4. The van der Waals surface area contributed by atoms with E-state index in [1.807, 2.05) is 0 Å². The fourth-order valence-electron chi connectivity index (χ4n) is 2.04. The van der Waals surface area contributed by atoms with Crippen LogP contribution in [0.1, 0.15) is 30.9 Å². The van der Waals surface area contributed by atoms with Crippen LogP contribution in [0.15, 0.2) is 18.2 Å². The third kappa shape index (κ3) is 4.99. The standard InChI is InChI=1S/C15H24ClN/c1-12(5-7-16)6-8-17(4)15-10-13(2)9-14(3)11-15/h9-12H,5-8H2,1-4H3. The van der Waals surface area contributed by atoms with Crippen molar-refractivity contribution in [2.45, 2.75) is 33.6 Å². The molecule has 0 radical (unpaired) electrons. The first-order chi connectivity index (χ1) is 8.02. The molecule has 0 fully saturated rings. The average Bonchev–Trinajstić information content (AvgIpc) is 2.25. The van der Waals surface area contributed by atoms with E-state index in [-0.39, 0.29) is 0 Å². The summed E-state index contributed by atoms with van der Waals surface area (Å²) in [5, 5.41) is 0. The van der Waals surface area contributed by atoms with Crippen molar-refractivity contribution in [1.82, 2.24) is 0 Å². The summed E-state index contributed by atoms with van der Waals surface area (Å²) < 4.78 is 0. The van der Waals surface area contributed by atoms with Crippen molar-refractivity contribution in [1.29, 1.82) is 0 Å². The van der Waals surface area contributed by atoms with Crippen molar-refractivity contribution >= 4 is 17.3 Å². The first-order valence-electron chi connectivity index (χ1n) is 6.38. The number of rotatable bonds is 6. The Morgan fingerprint density at radius 1 is 1.12 bits per heavy atom. The number of benzene rings is 1. The molecule has 1 atom stereocenters. The maximum Gasteiger partial charge on any atom is 0.0368 e. The molecule has 0 saturated carbocycles. The minimum absolute atomic E-state index is 0.709. The molecule has 0 heterocycles. The van der Waals surface area contributed by atoms with Gasteiger partial charge in [-0.1, -0.05) is 13.0 Å². The molecule has 0 N–H and O–H groups in total. The highest BCUT2D eigenvalue weighted by molar-refractivity contribution is 6.17. The predicted molar refractivity (Wildman–Crippen MR) is 78.3 cm³/mol. The van der Waals surface area contributed by atoms with Crippen LogP contribution in [0.2, 0.25) is 0 Å². The summed E-state index contributed by atoms with van der Waals surface area (Å²) >= 11 is 5.76. The summed E-state index contributed by atoms with van der Waals surface area (Å²) in [5.41, 5.74) is 3.99. The van der Waals surface area contributed by atoms with Gasteiger partial charge in [0.1, 0.15) is 0 Å². The van der Waals surface area contributed by atoms with Crippen LogP contribution in [0.4, 0.5) is 5.69 Å². The van der Waals surface area contributed by atoms with E-state index in [1.165, 1.54) is 23.2 Å². The monoisotopic (exact) mass is 253 g/mol. The van der Waals surface area contributed by atoms with Crippen LogP contribution >= 0.6 is 11.6 Å². The average molecular weight is 254 g/mol. The smallest absolute Gasteiger partial charge is 0.0368 e.